The van der Waals surface area contributed by atoms with Crippen molar-refractivity contribution in [2.75, 3.05) is 0 Å². The van der Waals surface area contributed by atoms with Gasteiger partial charge in [-0.1, -0.05) is 0 Å². The summed E-state index contributed by atoms with van der Waals surface area (Å²) in [7, 11) is 0. The second-order valence-electron chi connectivity index (χ2n) is 3.08. The Hall–Kier alpha value is -0.830. The van der Waals surface area contributed by atoms with Gasteiger partial charge in [0.25, 0.3) is 0 Å². The molecule has 68 valence electrons. The molecule has 0 aliphatic rings. The van der Waals surface area contributed by atoms with Crippen molar-refractivity contribution in [3.63, 3.8) is 0 Å². The maximum atomic E-state index is 9.44. The van der Waals surface area contributed by atoms with E-state index in [1.807, 2.05) is 25.5 Å². The van der Waals surface area contributed by atoms with Crippen LogP contribution in [0.15, 0.2) is 0 Å². The molecule has 1 atom stereocenters. The first-order valence-electron chi connectivity index (χ1n) is 4.29. The summed E-state index contributed by atoms with van der Waals surface area (Å²) < 4.78 is 1.91. The van der Waals surface area contributed by atoms with Crippen molar-refractivity contribution in [1.82, 2.24) is 9.78 Å². The highest BCUT2D eigenvalue weighted by atomic mass is 16.3. The summed E-state index contributed by atoms with van der Waals surface area (Å²) in [6.45, 7) is 8.61. The van der Waals surface area contributed by atoms with Gasteiger partial charge in [-0.05, 0) is 27.7 Å². The fraction of sp³-hybridized carbons (Fsp3) is 0.667. The molecule has 0 fully saturated rings. The monoisotopic (exact) mass is 168 g/mol. The zero-order chi connectivity index (χ0) is 9.30. The molecule has 0 aromatic carbocycles. The first-order chi connectivity index (χ1) is 5.57. The molecule has 1 aromatic heterocycles. The van der Waals surface area contributed by atoms with E-state index in [1.54, 1.807) is 6.92 Å². The molecule has 0 amide bonds. The van der Waals surface area contributed by atoms with Crippen molar-refractivity contribution in [3.05, 3.63) is 17.0 Å². The third-order valence-electron chi connectivity index (χ3n) is 2.15. The average molecular weight is 168 g/mol. The molecule has 3 nitrogen and oxygen atoms in total. The number of nitrogens with zero attached hydrogens (tertiary/aromatic N) is 2. The van der Waals surface area contributed by atoms with Gasteiger partial charge in [0, 0.05) is 17.8 Å². The Kier molecular flexibility index (Phi) is 2.52. The fourth-order valence-electron chi connectivity index (χ4n) is 1.62. The molecule has 1 aromatic rings. The topological polar surface area (TPSA) is 38.0 Å². The highest BCUT2D eigenvalue weighted by molar-refractivity contribution is 5.26. The molecule has 0 bridgehead atoms. The lowest BCUT2D eigenvalue weighted by Gasteiger charge is -2.04. The summed E-state index contributed by atoms with van der Waals surface area (Å²) in [6, 6.07) is 0. The van der Waals surface area contributed by atoms with E-state index in [1.165, 1.54) is 0 Å². The van der Waals surface area contributed by atoms with Crippen LogP contribution in [0.1, 0.15) is 36.9 Å². The Morgan fingerprint density at radius 3 is 2.33 bits per heavy atom. The number of aryl methyl sites for hydroxylation is 2. The van der Waals surface area contributed by atoms with E-state index in [4.69, 9.17) is 0 Å². The molecule has 0 aliphatic carbocycles. The smallest absolute Gasteiger partial charge is 0.0797 e. The highest BCUT2D eigenvalue weighted by Gasteiger charge is 2.13. The van der Waals surface area contributed by atoms with E-state index in [0.29, 0.717) is 0 Å². The Labute approximate surface area is 73.0 Å². The molecule has 3 heteroatoms. The first-order valence-corrected chi connectivity index (χ1v) is 4.29. The van der Waals surface area contributed by atoms with Crippen LogP contribution in [-0.4, -0.2) is 14.9 Å². The predicted molar refractivity (Wildman–Crippen MR) is 48.0 cm³/mol. The average Bonchev–Trinajstić information content (AvgIpc) is 2.25. The van der Waals surface area contributed by atoms with Crippen LogP contribution < -0.4 is 0 Å². The van der Waals surface area contributed by atoms with Gasteiger partial charge in [-0.2, -0.15) is 5.10 Å². The van der Waals surface area contributed by atoms with Crippen LogP contribution in [0.2, 0.25) is 0 Å². The number of aliphatic hydroxyl groups is 1. The molecule has 12 heavy (non-hydrogen) atoms. The molecule has 0 radical (unpaired) electrons. The van der Waals surface area contributed by atoms with Crippen molar-refractivity contribution in [3.8, 4) is 0 Å². The van der Waals surface area contributed by atoms with E-state index in [2.05, 4.69) is 5.10 Å². The van der Waals surface area contributed by atoms with E-state index < -0.39 is 6.10 Å². The van der Waals surface area contributed by atoms with E-state index in [0.717, 1.165) is 23.5 Å². The van der Waals surface area contributed by atoms with Gasteiger partial charge in [-0.15, -0.1) is 0 Å². The van der Waals surface area contributed by atoms with Gasteiger partial charge in [0.2, 0.25) is 0 Å². The van der Waals surface area contributed by atoms with Crippen LogP contribution in [0.4, 0.5) is 0 Å². The minimum atomic E-state index is -0.412. The van der Waals surface area contributed by atoms with Crippen molar-refractivity contribution < 1.29 is 5.11 Å². The Morgan fingerprint density at radius 2 is 2.08 bits per heavy atom. The maximum Gasteiger partial charge on any atom is 0.0797 e. The number of rotatable bonds is 2. The molecule has 1 N–H and O–H groups in total. The molecule has 1 rings (SSSR count). The molecule has 0 saturated carbocycles. The van der Waals surface area contributed by atoms with Crippen molar-refractivity contribution in [2.45, 2.75) is 40.3 Å². The molecule has 0 aliphatic heterocycles. The van der Waals surface area contributed by atoms with Crippen LogP contribution in [0.25, 0.3) is 0 Å². The molecule has 0 saturated heterocycles. The Bertz CT molecular complexity index is 276. The quantitative estimate of drug-likeness (QED) is 0.728. The zero-order valence-electron chi connectivity index (χ0n) is 8.13. The van der Waals surface area contributed by atoms with Crippen molar-refractivity contribution in [2.24, 2.45) is 0 Å². The number of hydrogen-bond acceptors (Lipinski definition) is 2. The van der Waals surface area contributed by atoms with Gasteiger partial charge < -0.3 is 5.11 Å². The minimum absolute atomic E-state index is 0.412. The van der Waals surface area contributed by atoms with Gasteiger partial charge in [0.1, 0.15) is 0 Å². The molecule has 0 unspecified atom stereocenters. The van der Waals surface area contributed by atoms with Crippen LogP contribution >= 0.6 is 0 Å². The molecular weight excluding hydrogens is 152 g/mol. The van der Waals surface area contributed by atoms with Gasteiger partial charge in [-0.3, -0.25) is 4.68 Å². The summed E-state index contributed by atoms with van der Waals surface area (Å²) in [5.41, 5.74) is 2.98. The summed E-state index contributed by atoms with van der Waals surface area (Å²) >= 11 is 0. The largest absolute Gasteiger partial charge is 0.389 e. The Morgan fingerprint density at radius 1 is 1.50 bits per heavy atom. The Balaban J connectivity index is 3.19. The maximum absolute atomic E-state index is 9.44. The van der Waals surface area contributed by atoms with Gasteiger partial charge in [0.15, 0.2) is 0 Å². The van der Waals surface area contributed by atoms with Crippen molar-refractivity contribution >= 4 is 0 Å². The first kappa shape index (κ1) is 9.26. The minimum Gasteiger partial charge on any atom is -0.389 e. The molecular formula is C9H16N2O. The summed E-state index contributed by atoms with van der Waals surface area (Å²) in [5.74, 6) is 0. The SMILES string of the molecule is CCn1nc(C)c([C@H](C)O)c1C. The number of aromatic nitrogens is 2. The summed E-state index contributed by atoms with van der Waals surface area (Å²) in [5, 5.41) is 13.7. The summed E-state index contributed by atoms with van der Waals surface area (Å²) in [4.78, 5) is 0. The van der Waals surface area contributed by atoms with Crippen LogP contribution in [0, 0.1) is 13.8 Å². The second kappa shape index (κ2) is 3.27. The van der Waals surface area contributed by atoms with Gasteiger partial charge in [-0.25, -0.2) is 0 Å². The van der Waals surface area contributed by atoms with Crippen LogP contribution in [0.5, 0.6) is 0 Å². The lowest BCUT2D eigenvalue weighted by atomic mass is 10.1. The lowest BCUT2D eigenvalue weighted by molar-refractivity contribution is 0.197. The van der Waals surface area contributed by atoms with Gasteiger partial charge >= 0.3 is 0 Å². The predicted octanol–water partition coefficient (Wildman–Crippen LogP) is 1.57. The second-order valence-corrected chi connectivity index (χ2v) is 3.08. The normalized spacial score (nSPS) is 13.4. The van der Waals surface area contributed by atoms with E-state index in [-0.39, 0.29) is 0 Å². The standard InChI is InChI=1S/C9H16N2O/c1-5-11-7(3)9(8(4)12)6(2)10-11/h8,12H,5H2,1-4H3/t8-/m0/s1. The lowest BCUT2D eigenvalue weighted by Crippen LogP contribution is -2.00. The van der Waals surface area contributed by atoms with Crippen LogP contribution in [0.3, 0.4) is 0 Å². The molecule has 1 heterocycles. The van der Waals surface area contributed by atoms with E-state index >= 15 is 0 Å². The third kappa shape index (κ3) is 1.37. The fourth-order valence-corrected chi connectivity index (χ4v) is 1.62. The van der Waals surface area contributed by atoms with E-state index in [9.17, 15) is 5.11 Å². The summed E-state index contributed by atoms with van der Waals surface area (Å²) in [6.07, 6.45) is -0.412. The highest BCUT2D eigenvalue weighted by Crippen LogP contribution is 2.20. The third-order valence-corrected chi connectivity index (χ3v) is 2.15. The van der Waals surface area contributed by atoms with Gasteiger partial charge in [0.05, 0.1) is 11.8 Å². The van der Waals surface area contributed by atoms with Crippen LogP contribution in [-0.2, 0) is 6.54 Å². The number of aliphatic hydroxyl groups excluding tert-OH is 1. The molecule has 0 spiro atoms. The van der Waals surface area contributed by atoms with Crippen molar-refractivity contribution in [1.29, 1.82) is 0 Å². The zero-order valence-corrected chi connectivity index (χ0v) is 8.13. The number of hydrogen-bond donors (Lipinski definition) is 1.